The Hall–Kier alpha value is -2.72. The number of nitrogens with one attached hydrogen (secondary N) is 1. The second-order valence-corrected chi connectivity index (χ2v) is 8.70. The average Bonchev–Trinajstić information content (AvgIpc) is 2.72. The molecule has 0 fully saturated rings. The molecule has 1 aliphatic heterocycles. The topological polar surface area (TPSA) is 125 Å². The van der Waals surface area contributed by atoms with Crippen LogP contribution >= 0.6 is 11.8 Å². The molecule has 0 aliphatic carbocycles. The van der Waals surface area contributed by atoms with E-state index >= 15 is 0 Å². The molecule has 0 unspecified atom stereocenters. The largest absolute Gasteiger partial charge is 0.480 e. The number of rotatable bonds is 7. The molecule has 9 nitrogen and oxygen atoms in total. The zero-order valence-electron chi connectivity index (χ0n) is 17.5. The van der Waals surface area contributed by atoms with Gasteiger partial charge in [0.05, 0.1) is 37.9 Å². The van der Waals surface area contributed by atoms with Crippen molar-refractivity contribution in [3.05, 3.63) is 42.1 Å². The lowest BCUT2D eigenvalue weighted by Crippen LogP contribution is -2.36. The van der Waals surface area contributed by atoms with Gasteiger partial charge in [-0.3, -0.25) is 9.78 Å². The summed E-state index contributed by atoms with van der Waals surface area (Å²) in [5, 5.41) is 3.50. The molecule has 30 heavy (non-hydrogen) atoms. The number of hydrogen-bond donors (Lipinski definition) is 2. The smallest absolute Gasteiger partial charge is 0.275 e. The molecule has 2 aromatic heterocycles. The number of aromatic nitrogens is 3. The summed E-state index contributed by atoms with van der Waals surface area (Å²) >= 11 is 1.52. The van der Waals surface area contributed by atoms with Gasteiger partial charge in [-0.15, -0.1) is 0 Å². The minimum absolute atomic E-state index is 0.148. The second kappa shape index (κ2) is 9.40. The molecule has 1 amide bonds. The number of anilines is 1. The number of amidine groups is 1. The number of aliphatic imine (C=N–C) groups is 1. The van der Waals surface area contributed by atoms with E-state index in [-0.39, 0.29) is 23.0 Å². The second-order valence-electron chi connectivity index (χ2n) is 7.38. The van der Waals surface area contributed by atoms with Crippen LogP contribution in [0.5, 0.6) is 5.88 Å². The Balaban J connectivity index is 1.76. The number of pyridine rings is 1. The Morgan fingerprint density at radius 3 is 2.83 bits per heavy atom. The van der Waals surface area contributed by atoms with E-state index in [9.17, 15) is 4.79 Å². The van der Waals surface area contributed by atoms with Gasteiger partial charge in [-0.05, 0) is 39.3 Å². The van der Waals surface area contributed by atoms with Crippen molar-refractivity contribution in [1.82, 2.24) is 15.0 Å². The van der Waals surface area contributed by atoms with Gasteiger partial charge in [-0.1, -0.05) is 11.8 Å². The van der Waals surface area contributed by atoms with Crippen LogP contribution in [-0.4, -0.2) is 51.1 Å². The highest BCUT2D eigenvalue weighted by Crippen LogP contribution is 2.38. The maximum Gasteiger partial charge on any atom is 0.275 e. The first kappa shape index (κ1) is 22.0. The Morgan fingerprint density at radius 1 is 1.37 bits per heavy atom. The Morgan fingerprint density at radius 2 is 2.17 bits per heavy atom. The minimum Gasteiger partial charge on any atom is -0.480 e. The SMILES string of the molecule is COc1cnc(C(=O)Nc2ccnc([C@]3(C)C[C@@H](COC(C)C)SC(N)=N3)c2)cn1. The molecule has 0 bridgehead atoms. The summed E-state index contributed by atoms with van der Waals surface area (Å²) in [5.41, 5.74) is 6.98. The van der Waals surface area contributed by atoms with E-state index in [1.54, 1.807) is 12.3 Å². The van der Waals surface area contributed by atoms with Crippen LogP contribution in [0.3, 0.4) is 0 Å². The van der Waals surface area contributed by atoms with Crippen LogP contribution in [0.2, 0.25) is 0 Å². The highest BCUT2D eigenvalue weighted by molar-refractivity contribution is 8.14. The fourth-order valence-electron chi connectivity index (χ4n) is 3.06. The Kier molecular flexibility index (Phi) is 6.88. The summed E-state index contributed by atoms with van der Waals surface area (Å²) in [6.07, 6.45) is 5.27. The molecule has 0 saturated heterocycles. The Bertz CT molecular complexity index is 921. The number of amides is 1. The highest BCUT2D eigenvalue weighted by Gasteiger charge is 2.36. The fraction of sp³-hybridized carbons (Fsp3) is 0.450. The van der Waals surface area contributed by atoms with Gasteiger partial charge in [-0.2, -0.15) is 0 Å². The summed E-state index contributed by atoms with van der Waals surface area (Å²) in [6, 6.07) is 3.52. The number of carbonyl (C=O) groups excluding carboxylic acids is 1. The summed E-state index contributed by atoms with van der Waals surface area (Å²) in [4.78, 5) is 29.7. The van der Waals surface area contributed by atoms with Gasteiger partial charge in [-0.25, -0.2) is 15.0 Å². The maximum atomic E-state index is 12.5. The number of methoxy groups -OCH3 is 1. The van der Waals surface area contributed by atoms with Crippen molar-refractivity contribution in [2.45, 2.75) is 44.1 Å². The van der Waals surface area contributed by atoms with Crippen LogP contribution in [0.25, 0.3) is 0 Å². The number of carbonyl (C=O) groups is 1. The van der Waals surface area contributed by atoms with Crippen molar-refractivity contribution >= 4 is 28.5 Å². The van der Waals surface area contributed by atoms with Crippen LogP contribution < -0.4 is 15.8 Å². The first-order valence-electron chi connectivity index (χ1n) is 9.56. The molecule has 3 N–H and O–H groups in total. The summed E-state index contributed by atoms with van der Waals surface area (Å²) in [6.45, 7) is 6.58. The highest BCUT2D eigenvalue weighted by atomic mass is 32.2. The van der Waals surface area contributed by atoms with Crippen molar-refractivity contribution in [1.29, 1.82) is 0 Å². The fourth-order valence-corrected chi connectivity index (χ4v) is 4.21. The normalized spacial score (nSPS) is 21.2. The van der Waals surface area contributed by atoms with Gasteiger partial charge in [0.25, 0.3) is 5.91 Å². The van der Waals surface area contributed by atoms with Gasteiger partial charge in [0.1, 0.15) is 11.2 Å². The molecular formula is C20H26N6O3S. The minimum atomic E-state index is -0.610. The summed E-state index contributed by atoms with van der Waals surface area (Å²) in [5.74, 6) is -0.0369. The predicted octanol–water partition coefficient (Wildman–Crippen LogP) is 2.59. The first-order chi connectivity index (χ1) is 14.3. The van der Waals surface area contributed by atoms with Gasteiger partial charge in [0, 0.05) is 17.1 Å². The standard InChI is InChI=1S/C20H26N6O3S/c1-12(2)29-11-14-8-20(3,26-19(21)30-14)16-7-13(5-6-22-16)25-18(27)15-9-24-17(28-4)10-23-15/h5-7,9-10,12,14H,8,11H2,1-4H3,(H2,21,26)(H,22,25,27)/t14-,20-/m0/s1. The van der Waals surface area contributed by atoms with Crippen LogP contribution in [-0.2, 0) is 10.3 Å². The molecule has 3 heterocycles. The lowest BCUT2D eigenvalue weighted by atomic mass is 9.91. The predicted molar refractivity (Wildman–Crippen MR) is 117 cm³/mol. The van der Waals surface area contributed by atoms with Crippen LogP contribution in [0.4, 0.5) is 5.69 Å². The zero-order chi connectivity index (χ0) is 21.7. The lowest BCUT2D eigenvalue weighted by molar-refractivity contribution is 0.0757. The average molecular weight is 431 g/mol. The third kappa shape index (κ3) is 5.45. The van der Waals surface area contributed by atoms with Crippen molar-refractivity contribution < 1.29 is 14.3 Å². The monoisotopic (exact) mass is 430 g/mol. The van der Waals surface area contributed by atoms with E-state index in [4.69, 9.17) is 15.2 Å². The van der Waals surface area contributed by atoms with Crippen molar-refractivity contribution in [2.24, 2.45) is 10.7 Å². The molecule has 2 atom stereocenters. The van der Waals surface area contributed by atoms with E-state index < -0.39 is 5.54 Å². The van der Waals surface area contributed by atoms with E-state index in [1.165, 1.54) is 31.3 Å². The molecule has 160 valence electrons. The molecule has 0 saturated carbocycles. The molecule has 0 aromatic carbocycles. The molecule has 10 heteroatoms. The number of nitrogens with two attached hydrogens (primary N) is 1. The number of ether oxygens (including phenoxy) is 2. The molecular weight excluding hydrogens is 404 g/mol. The van der Waals surface area contributed by atoms with Crippen LogP contribution in [0.1, 0.15) is 43.4 Å². The molecule has 1 aliphatic rings. The summed E-state index contributed by atoms with van der Waals surface area (Å²) in [7, 11) is 1.49. The van der Waals surface area contributed by atoms with Gasteiger partial charge >= 0.3 is 0 Å². The summed E-state index contributed by atoms with van der Waals surface area (Å²) < 4.78 is 10.7. The van der Waals surface area contributed by atoms with Crippen molar-refractivity contribution in [3.8, 4) is 5.88 Å². The first-order valence-corrected chi connectivity index (χ1v) is 10.4. The van der Waals surface area contributed by atoms with Crippen molar-refractivity contribution in [2.75, 3.05) is 19.0 Å². The Labute approximate surface area is 179 Å². The van der Waals surface area contributed by atoms with E-state index in [2.05, 4.69) is 25.3 Å². The third-order valence-electron chi connectivity index (χ3n) is 4.52. The lowest BCUT2D eigenvalue weighted by Gasteiger charge is -2.34. The van der Waals surface area contributed by atoms with Crippen LogP contribution in [0.15, 0.2) is 35.7 Å². The van der Waals surface area contributed by atoms with E-state index in [0.29, 0.717) is 23.3 Å². The quantitative estimate of drug-likeness (QED) is 0.687. The van der Waals surface area contributed by atoms with E-state index in [0.717, 1.165) is 12.1 Å². The molecule has 0 spiro atoms. The zero-order valence-corrected chi connectivity index (χ0v) is 18.3. The molecule has 0 radical (unpaired) electrons. The number of thioether (sulfide) groups is 1. The number of hydrogen-bond acceptors (Lipinski definition) is 9. The van der Waals surface area contributed by atoms with Gasteiger partial charge < -0.3 is 20.5 Å². The van der Waals surface area contributed by atoms with E-state index in [1.807, 2.05) is 26.8 Å². The van der Waals surface area contributed by atoms with Gasteiger partial charge in [0.15, 0.2) is 5.17 Å². The maximum absolute atomic E-state index is 12.5. The third-order valence-corrected chi connectivity index (χ3v) is 5.49. The molecule has 3 rings (SSSR count). The van der Waals surface area contributed by atoms with Crippen LogP contribution in [0, 0.1) is 0 Å². The van der Waals surface area contributed by atoms with Gasteiger partial charge in [0.2, 0.25) is 5.88 Å². The number of nitrogens with zero attached hydrogens (tertiary/aromatic N) is 4. The van der Waals surface area contributed by atoms with Crippen molar-refractivity contribution in [3.63, 3.8) is 0 Å². The molecule has 2 aromatic rings.